The van der Waals surface area contributed by atoms with Crippen LogP contribution in [-0.4, -0.2) is 23.2 Å². The molecule has 0 fully saturated rings. The summed E-state index contributed by atoms with van der Waals surface area (Å²) in [6.45, 7) is 0. The second-order valence-corrected chi connectivity index (χ2v) is 4.05. The number of hydrogen-bond donors (Lipinski definition) is 2. The Bertz CT molecular complexity index is 539. The van der Waals surface area contributed by atoms with Crippen molar-refractivity contribution in [3.63, 3.8) is 0 Å². The van der Waals surface area contributed by atoms with E-state index in [1.165, 1.54) is 16.8 Å². The van der Waals surface area contributed by atoms with Crippen LogP contribution < -0.4 is 10.1 Å². The summed E-state index contributed by atoms with van der Waals surface area (Å²) in [6, 6.07) is 7.25. The average Bonchev–Trinajstić information content (AvgIpc) is 2.77. The maximum Gasteiger partial charge on any atom is 0.357 e. The van der Waals surface area contributed by atoms with E-state index >= 15 is 0 Å². The molecule has 0 saturated carbocycles. The third kappa shape index (κ3) is 2.54. The minimum Gasteiger partial charge on any atom is -0.497 e. The standard InChI is InChI=1S/C11H10N2O3S/c1-16-8-4-2-3-7(5-8)13-10-9(11(14)15)12-6-17-10/h2-6,13H,1H3,(H,14,15). The molecule has 0 aliphatic heterocycles. The van der Waals surface area contributed by atoms with Crippen LogP contribution in [0.25, 0.3) is 0 Å². The number of methoxy groups -OCH3 is 1. The van der Waals surface area contributed by atoms with Gasteiger partial charge in [-0.3, -0.25) is 0 Å². The Hall–Kier alpha value is -2.08. The van der Waals surface area contributed by atoms with Crippen molar-refractivity contribution in [3.05, 3.63) is 35.5 Å². The lowest BCUT2D eigenvalue weighted by atomic mass is 10.3. The van der Waals surface area contributed by atoms with Crippen molar-refractivity contribution in [3.8, 4) is 5.75 Å². The van der Waals surface area contributed by atoms with Gasteiger partial charge in [-0.15, -0.1) is 11.3 Å². The Balaban J connectivity index is 2.25. The van der Waals surface area contributed by atoms with Crippen LogP contribution in [0, 0.1) is 0 Å². The highest BCUT2D eigenvalue weighted by Crippen LogP contribution is 2.26. The third-order valence-electron chi connectivity index (χ3n) is 2.10. The summed E-state index contributed by atoms with van der Waals surface area (Å²) in [5.74, 6) is -0.340. The third-order valence-corrected chi connectivity index (χ3v) is 2.84. The number of thiazole rings is 1. The van der Waals surface area contributed by atoms with E-state index in [0.717, 1.165) is 5.69 Å². The maximum atomic E-state index is 10.9. The van der Waals surface area contributed by atoms with Gasteiger partial charge in [0.2, 0.25) is 0 Å². The highest BCUT2D eigenvalue weighted by Gasteiger charge is 2.13. The molecule has 6 heteroatoms. The number of carboxylic acids is 1. The number of carbonyl (C=O) groups is 1. The topological polar surface area (TPSA) is 71.5 Å². The average molecular weight is 250 g/mol. The summed E-state index contributed by atoms with van der Waals surface area (Å²) < 4.78 is 5.08. The van der Waals surface area contributed by atoms with Gasteiger partial charge in [0.15, 0.2) is 5.69 Å². The van der Waals surface area contributed by atoms with Gasteiger partial charge in [0.05, 0.1) is 12.6 Å². The van der Waals surface area contributed by atoms with Crippen molar-refractivity contribution >= 4 is 28.0 Å². The van der Waals surface area contributed by atoms with E-state index in [-0.39, 0.29) is 5.69 Å². The van der Waals surface area contributed by atoms with Gasteiger partial charge in [0.1, 0.15) is 10.8 Å². The number of ether oxygens (including phenoxy) is 1. The van der Waals surface area contributed by atoms with E-state index in [9.17, 15) is 4.79 Å². The van der Waals surface area contributed by atoms with Gasteiger partial charge in [-0.05, 0) is 12.1 Å². The van der Waals surface area contributed by atoms with Gasteiger partial charge in [0.25, 0.3) is 0 Å². The monoisotopic (exact) mass is 250 g/mol. The fourth-order valence-electron chi connectivity index (χ4n) is 1.32. The first kappa shape index (κ1) is 11.4. The molecule has 0 saturated heterocycles. The number of rotatable bonds is 4. The molecule has 0 radical (unpaired) electrons. The first-order valence-electron chi connectivity index (χ1n) is 4.78. The molecular formula is C11H10N2O3S. The van der Waals surface area contributed by atoms with Gasteiger partial charge in [0, 0.05) is 11.8 Å². The Morgan fingerprint density at radius 2 is 2.35 bits per heavy atom. The maximum absolute atomic E-state index is 10.9. The largest absolute Gasteiger partial charge is 0.497 e. The van der Waals surface area contributed by atoms with Crippen molar-refractivity contribution in [1.82, 2.24) is 4.98 Å². The van der Waals surface area contributed by atoms with E-state index in [1.807, 2.05) is 18.2 Å². The number of carboxylic acid groups (broad SMARTS) is 1. The molecule has 0 aliphatic rings. The first-order chi connectivity index (χ1) is 8.20. The highest BCUT2D eigenvalue weighted by molar-refractivity contribution is 7.14. The lowest BCUT2D eigenvalue weighted by Gasteiger charge is -2.06. The molecule has 2 N–H and O–H groups in total. The summed E-state index contributed by atoms with van der Waals surface area (Å²) in [5, 5.41) is 12.4. The lowest BCUT2D eigenvalue weighted by Crippen LogP contribution is -2.01. The molecule has 0 atom stereocenters. The summed E-state index contributed by atoms with van der Waals surface area (Å²) in [7, 11) is 1.58. The van der Waals surface area contributed by atoms with Crippen molar-refractivity contribution < 1.29 is 14.6 Å². The second kappa shape index (κ2) is 4.84. The Morgan fingerprint density at radius 1 is 1.53 bits per heavy atom. The number of aromatic nitrogens is 1. The summed E-state index contributed by atoms with van der Waals surface area (Å²) >= 11 is 1.24. The lowest BCUT2D eigenvalue weighted by molar-refractivity contribution is 0.0692. The van der Waals surface area contributed by atoms with E-state index in [0.29, 0.717) is 10.8 Å². The molecule has 1 aromatic carbocycles. The molecular weight excluding hydrogens is 240 g/mol. The van der Waals surface area contributed by atoms with Gasteiger partial charge in [-0.25, -0.2) is 9.78 Å². The van der Waals surface area contributed by atoms with Crippen LogP contribution in [0.4, 0.5) is 10.7 Å². The number of aromatic carboxylic acids is 1. The molecule has 0 amide bonds. The number of benzene rings is 1. The molecule has 1 heterocycles. The predicted octanol–water partition coefficient (Wildman–Crippen LogP) is 2.59. The number of hydrogen-bond acceptors (Lipinski definition) is 5. The van der Waals surface area contributed by atoms with E-state index in [4.69, 9.17) is 9.84 Å². The zero-order valence-corrected chi connectivity index (χ0v) is 9.82. The van der Waals surface area contributed by atoms with Crippen LogP contribution in [0.3, 0.4) is 0 Å². The second-order valence-electron chi connectivity index (χ2n) is 3.19. The molecule has 5 nitrogen and oxygen atoms in total. The Kier molecular flexibility index (Phi) is 3.24. The molecule has 17 heavy (non-hydrogen) atoms. The van der Waals surface area contributed by atoms with Gasteiger partial charge >= 0.3 is 5.97 Å². The molecule has 1 aromatic heterocycles. The molecule has 2 aromatic rings. The number of nitrogens with zero attached hydrogens (tertiary/aromatic N) is 1. The van der Waals surface area contributed by atoms with Gasteiger partial charge < -0.3 is 15.2 Å². The van der Waals surface area contributed by atoms with Gasteiger partial charge in [-0.2, -0.15) is 0 Å². The fourth-order valence-corrected chi connectivity index (χ4v) is 2.01. The molecule has 88 valence electrons. The molecule has 0 bridgehead atoms. The minimum atomic E-state index is -1.04. The summed E-state index contributed by atoms with van der Waals surface area (Å²) in [4.78, 5) is 14.7. The van der Waals surface area contributed by atoms with Crippen LogP contribution in [0.5, 0.6) is 5.75 Å². The van der Waals surface area contributed by atoms with Crippen LogP contribution >= 0.6 is 11.3 Å². The van der Waals surface area contributed by atoms with Crippen molar-refractivity contribution in [1.29, 1.82) is 0 Å². The summed E-state index contributed by atoms with van der Waals surface area (Å²) in [5.41, 5.74) is 2.28. The number of anilines is 2. The zero-order chi connectivity index (χ0) is 12.3. The van der Waals surface area contributed by atoms with Crippen LogP contribution in [0.2, 0.25) is 0 Å². The van der Waals surface area contributed by atoms with E-state index in [2.05, 4.69) is 10.3 Å². The normalized spacial score (nSPS) is 9.94. The van der Waals surface area contributed by atoms with E-state index in [1.54, 1.807) is 13.2 Å². The van der Waals surface area contributed by atoms with E-state index < -0.39 is 5.97 Å². The number of nitrogens with one attached hydrogen (secondary N) is 1. The minimum absolute atomic E-state index is 0.0258. The van der Waals surface area contributed by atoms with Crippen LogP contribution in [0.1, 0.15) is 10.5 Å². The van der Waals surface area contributed by atoms with Crippen molar-refractivity contribution in [2.24, 2.45) is 0 Å². The molecule has 0 aliphatic carbocycles. The Labute approximate surface area is 102 Å². The fraction of sp³-hybridized carbons (Fsp3) is 0.0909. The van der Waals surface area contributed by atoms with Crippen LogP contribution in [-0.2, 0) is 0 Å². The molecule has 2 rings (SSSR count). The first-order valence-corrected chi connectivity index (χ1v) is 5.66. The highest BCUT2D eigenvalue weighted by atomic mass is 32.1. The smallest absolute Gasteiger partial charge is 0.357 e. The SMILES string of the molecule is COc1cccc(Nc2scnc2C(=O)O)c1. The molecule has 0 unspecified atom stereocenters. The zero-order valence-electron chi connectivity index (χ0n) is 9.01. The Morgan fingerprint density at radius 3 is 3.06 bits per heavy atom. The summed E-state index contributed by atoms with van der Waals surface area (Å²) in [6.07, 6.45) is 0. The van der Waals surface area contributed by atoms with Crippen LogP contribution in [0.15, 0.2) is 29.8 Å². The van der Waals surface area contributed by atoms with Crippen molar-refractivity contribution in [2.75, 3.05) is 12.4 Å². The van der Waals surface area contributed by atoms with Gasteiger partial charge in [-0.1, -0.05) is 6.07 Å². The quantitative estimate of drug-likeness (QED) is 0.872. The molecule has 0 spiro atoms. The van der Waals surface area contributed by atoms with Crippen molar-refractivity contribution in [2.45, 2.75) is 0 Å². The predicted molar refractivity (Wildman–Crippen MR) is 65.4 cm³/mol.